The van der Waals surface area contributed by atoms with E-state index in [1.807, 2.05) is 44.2 Å². The Morgan fingerprint density at radius 1 is 0.973 bits per heavy atom. The summed E-state index contributed by atoms with van der Waals surface area (Å²) in [6, 6.07) is 18.6. The number of nitrogens with one attached hydrogen (secondary N) is 1. The van der Waals surface area contributed by atoms with Gasteiger partial charge >= 0.3 is 11.9 Å². The average Bonchev–Trinajstić information content (AvgIpc) is 2.88. The Labute approximate surface area is 217 Å². The standard InChI is InChI=1S/C29H32N2O6/c1-18-11-13-22(14-12-18)17-24(23-9-7-6-8-10-23)20(3)36-29(34)19(2)31-28(33)26-27(37-21(4)32)25(35-5)15-16-30-26/h6-16,19-20,24H,17H2,1-5H3,(H,31,33)/t19-,20-,24-/m0/s1. The second-order valence-corrected chi connectivity index (χ2v) is 8.83. The number of amides is 1. The van der Waals surface area contributed by atoms with Gasteiger partial charge in [0.05, 0.1) is 7.11 Å². The Kier molecular flexibility index (Phi) is 9.38. The van der Waals surface area contributed by atoms with Gasteiger partial charge in [-0.1, -0.05) is 60.2 Å². The van der Waals surface area contributed by atoms with E-state index in [0.29, 0.717) is 6.42 Å². The molecule has 1 amide bonds. The van der Waals surface area contributed by atoms with E-state index in [1.165, 1.54) is 38.8 Å². The zero-order valence-corrected chi connectivity index (χ0v) is 21.7. The highest BCUT2D eigenvalue weighted by molar-refractivity contribution is 5.98. The molecular formula is C29H32N2O6. The van der Waals surface area contributed by atoms with Gasteiger partial charge in [-0.15, -0.1) is 0 Å². The fraction of sp³-hybridized carbons (Fsp3) is 0.310. The van der Waals surface area contributed by atoms with Gasteiger partial charge in [0.25, 0.3) is 5.91 Å². The van der Waals surface area contributed by atoms with E-state index < -0.39 is 30.0 Å². The molecule has 0 unspecified atom stereocenters. The number of hydrogen-bond donors (Lipinski definition) is 1. The predicted molar refractivity (Wildman–Crippen MR) is 139 cm³/mol. The third-order valence-electron chi connectivity index (χ3n) is 5.92. The highest BCUT2D eigenvalue weighted by Crippen LogP contribution is 2.30. The number of aromatic nitrogens is 1. The SMILES string of the molecule is COc1ccnc(C(=O)N[C@@H](C)C(=O)O[C@@H](C)[C@H](Cc2ccc(C)cc2)c2ccccc2)c1OC(C)=O. The molecule has 37 heavy (non-hydrogen) atoms. The smallest absolute Gasteiger partial charge is 0.328 e. The molecule has 3 atom stereocenters. The molecule has 1 N–H and O–H groups in total. The van der Waals surface area contributed by atoms with E-state index in [4.69, 9.17) is 14.2 Å². The molecule has 0 aliphatic carbocycles. The van der Waals surface area contributed by atoms with Crippen molar-refractivity contribution in [1.82, 2.24) is 10.3 Å². The van der Waals surface area contributed by atoms with Gasteiger partial charge in [0.15, 0.2) is 11.4 Å². The zero-order valence-electron chi connectivity index (χ0n) is 21.7. The summed E-state index contributed by atoms with van der Waals surface area (Å²) >= 11 is 0. The first-order valence-corrected chi connectivity index (χ1v) is 12.0. The number of esters is 2. The molecule has 2 aromatic carbocycles. The number of pyridine rings is 1. The van der Waals surface area contributed by atoms with Crippen LogP contribution in [0.1, 0.15) is 53.9 Å². The quantitative estimate of drug-likeness (QED) is 0.408. The fourth-order valence-electron chi connectivity index (χ4n) is 3.92. The van der Waals surface area contributed by atoms with Gasteiger partial charge in [0.1, 0.15) is 12.1 Å². The van der Waals surface area contributed by atoms with E-state index in [-0.39, 0.29) is 23.1 Å². The lowest BCUT2D eigenvalue weighted by Gasteiger charge is -2.26. The lowest BCUT2D eigenvalue weighted by atomic mass is 9.87. The Hall–Kier alpha value is -4.20. The van der Waals surface area contributed by atoms with Crippen molar-refractivity contribution in [3.8, 4) is 11.5 Å². The third kappa shape index (κ3) is 7.39. The minimum atomic E-state index is -0.982. The molecule has 0 spiro atoms. The lowest BCUT2D eigenvalue weighted by molar-refractivity contribution is -0.151. The zero-order chi connectivity index (χ0) is 26.9. The number of benzene rings is 2. The fourth-order valence-corrected chi connectivity index (χ4v) is 3.92. The number of rotatable bonds is 10. The number of hydrogen-bond acceptors (Lipinski definition) is 7. The van der Waals surface area contributed by atoms with Gasteiger partial charge in [-0.2, -0.15) is 0 Å². The maximum atomic E-state index is 13.0. The summed E-state index contributed by atoms with van der Waals surface area (Å²) in [5.74, 6) is -1.98. The Morgan fingerprint density at radius 3 is 2.27 bits per heavy atom. The predicted octanol–water partition coefficient (Wildman–Crippen LogP) is 4.40. The van der Waals surface area contributed by atoms with E-state index >= 15 is 0 Å². The molecule has 0 radical (unpaired) electrons. The van der Waals surface area contributed by atoms with Crippen molar-refractivity contribution in [2.75, 3.05) is 7.11 Å². The molecule has 3 aromatic rings. The third-order valence-corrected chi connectivity index (χ3v) is 5.92. The summed E-state index contributed by atoms with van der Waals surface area (Å²) in [5.41, 5.74) is 3.17. The van der Waals surface area contributed by atoms with Crippen molar-refractivity contribution in [3.63, 3.8) is 0 Å². The Balaban J connectivity index is 1.73. The highest BCUT2D eigenvalue weighted by Gasteiger charge is 2.28. The molecule has 0 saturated carbocycles. The van der Waals surface area contributed by atoms with Gasteiger partial charge in [0.2, 0.25) is 5.75 Å². The van der Waals surface area contributed by atoms with Gasteiger partial charge < -0.3 is 19.5 Å². The first kappa shape index (κ1) is 27.4. The summed E-state index contributed by atoms with van der Waals surface area (Å²) in [6.45, 7) is 6.61. The molecule has 1 aromatic heterocycles. The molecule has 0 saturated heterocycles. The van der Waals surface area contributed by atoms with Crippen molar-refractivity contribution in [1.29, 1.82) is 0 Å². The van der Waals surface area contributed by atoms with Crippen molar-refractivity contribution in [2.24, 2.45) is 0 Å². The molecule has 0 aliphatic rings. The van der Waals surface area contributed by atoms with Crippen LogP contribution in [-0.4, -0.2) is 42.1 Å². The van der Waals surface area contributed by atoms with Crippen molar-refractivity contribution in [3.05, 3.63) is 89.2 Å². The van der Waals surface area contributed by atoms with Crippen LogP contribution in [-0.2, 0) is 20.7 Å². The largest absolute Gasteiger partial charge is 0.493 e. The van der Waals surface area contributed by atoms with Crippen LogP contribution in [0.25, 0.3) is 0 Å². The molecule has 1 heterocycles. The summed E-state index contributed by atoms with van der Waals surface area (Å²) in [4.78, 5) is 41.4. The van der Waals surface area contributed by atoms with Crippen LogP contribution in [0.2, 0.25) is 0 Å². The number of carbonyl (C=O) groups excluding carboxylic acids is 3. The molecule has 0 fully saturated rings. The van der Waals surface area contributed by atoms with Crippen LogP contribution in [0.5, 0.6) is 11.5 Å². The summed E-state index contributed by atoms with van der Waals surface area (Å²) in [7, 11) is 1.38. The number of carbonyl (C=O) groups is 3. The molecule has 0 aliphatic heterocycles. The average molecular weight is 505 g/mol. The molecule has 3 rings (SSSR count). The van der Waals surface area contributed by atoms with Gasteiger partial charge in [-0.25, -0.2) is 9.78 Å². The number of aryl methyl sites for hydroxylation is 1. The van der Waals surface area contributed by atoms with E-state index in [0.717, 1.165) is 11.1 Å². The molecular weight excluding hydrogens is 472 g/mol. The monoisotopic (exact) mass is 504 g/mol. The maximum absolute atomic E-state index is 13.0. The Morgan fingerprint density at radius 2 is 1.65 bits per heavy atom. The Bertz CT molecular complexity index is 1230. The van der Waals surface area contributed by atoms with Gasteiger partial charge in [-0.05, 0) is 38.3 Å². The van der Waals surface area contributed by atoms with Crippen molar-refractivity contribution >= 4 is 17.8 Å². The van der Waals surface area contributed by atoms with Crippen LogP contribution in [0.15, 0.2) is 66.9 Å². The van der Waals surface area contributed by atoms with E-state index in [9.17, 15) is 14.4 Å². The van der Waals surface area contributed by atoms with E-state index in [2.05, 4.69) is 34.6 Å². The topological polar surface area (TPSA) is 104 Å². The second kappa shape index (κ2) is 12.7. The first-order valence-electron chi connectivity index (χ1n) is 12.0. The van der Waals surface area contributed by atoms with Crippen LogP contribution in [0, 0.1) is 6.92 Å². The molecule has 0 bridgehead atoms. The van der Waals surface area contributed by atoms with Gasteiger partial charge in [0, 0.05) is 25.1 Å². The number of nitrogens with zero attached hydrogens (tertiary/aromatic N) is 1. The summed E-state index contributed by atoms with van der Waals surface area (Å²) < 4.78 is 16.1. The van der Waals surface area contributed by atoms with Crippen molar-refractivity contribution < 1.29 is 28.6 Å². The van der Waals surface area contributed by atoms with Gasteiger partial charge in [-0.3, -0.25) is 9.59 Å². The lowest BCUT2D eigenvalue weighted by Crippen LogP contribution is -2.41. The highest BCUT2D eigenvalue weighted by atomic mass is 16.6. The number of ether oxygens (including phenoxy) is 3. The minimum absolute atomic E-state index is 0.0913. The summed E-state index contributed by atoms with van der Waals surface area (Å²) in [6.07, 6.45) is 1.56. The second-order valence-electron chi connectivity index (χ2n) is 8.83. The normalized spacial score (nSPS) is 13.1. The maximum Gasteiger partial charge on any atom is 0.328 e. The summed E-state index contributed by atoms with van der Waals surface area (Å²) in [5, 5.41) is 2.58. The molecule has 8 heteroatoms. The van der Waals surface area contributed by atoms with Crippen LogP contribution >= 0.6 is 0 Å². The van der Waals surface area contributed by atoms with E-state index in [1.54, 1.807) is 0 Å². The molecule has 8 nitrogen and oxygen atoms in total. The minimum Gasteiger partial charge on any atom is -0.493 e. The molecule has 194 valence electrons. The van der Waals surface area contributed by atoms with Crippen LogP contribution in [0.4, 0.5) is 0 Å². The van der Waals surface area contributed by atoms with Crippen molar-refractivity contribution in [2.45, 2.75) is 52.2 Å². The first-order chi connectivity index (χ1) is 17.7. The van der Waals surface area contributed by atoms with Crippen LogP contribution in [0.3, 0.4) is 0 Å². The number of methoxy groups -OCH3 is 1. The van der Waals surface area contributed by atoms with Crippen LogP contribution < -0.4 is 14.8 Å².